The molecule has 0 spiro atoms. The van der Waals surface area contributed by atoms with Crippen LogP contribution in [0.4, 0.5) is 5.69 Å². The van der Waals surface area contributed by atoms with Crippen molar-refractivity contribution in [2.24, 2.45) is 0 Å². The summed E-state index contributed by atoms with van der Waals surface area (Å²) in [6.45, 7) is 3.47. The number of hydrogen-bond acceptors (Lipinski definition) is 5. The highest BCUT2D eigenvalue weighted by Gasteiger charge is 2.23. The quantitative estimate of drug-likeness (QED) is 0.485. The average Bonchev–Trinajstić information content (AvgIpc) is 2.38. The van der Waals surface area contributed by atoms with Crippen LogP contribution in [0.3, 0.4) is 0 Å². The highest BCUT2D eigenvalue weighted by atomic mass is 16.4. The minimum atomic E-state index is -1.37. The van der Waals surface area contributed by atoms with Gasteiger partial charge in [-0.2, -0.15) is 0 Å². The Morgan fingerprint density at radius 1 is 1.11 bits per heavy atom. The lowest BCUT2D eigenvalue weighted by Gasteiger charge is -2.22. The maximum Gasteiger partial charge on any atom is 0.110 e. The van der Waals surface area contributed by atoms with Crippen molar-refractivity contribution in [3.05, 3.63) is 29.3 Å². The largest absolute Gasteiger partial charge is 0.394 e. The van der Waals surface area contributed by atoms with Gasteiger partial charge in [0.2, 0.25) is 0 Å². The lowest BCUT2D eigenvalue weighted by Crippen LogP contribution is -2.42. The van der Waals surface area contributed by atoms with Gasteiger partial charge in [-0.1, -0.05) is 12.1 Å². The summed E-state index contributed by atoms with van der Waals surface area (Å²) >= 11 is 0. The van der Waals surface area contributed by atoms with Crippen LogP contribution in [0.25, 0.3) is 0 Å². The van der Waals surface area contributed by atoms with Crippen molar-refractivity contribution in [2.45, 2.75) is 32.2 Å². The van der Waals surface area contributed by atoms with E-state index in [1.807, 2.05) is 32.0 Å². The van der Waals surface area contributed by atoms with Gasteiger partial charge in [-0.15, -0.1) is 0 Å². The molecule has 1 rings (SSSR count). The fraction of sp³-hybridized carbons (Fsp3) is 0.538. The standard InChI is InChI=1S/C13H21NO4/c1-8-4-3-5-10(9(8)2)14-6-11(16)13(18)12(17)7-15/h3-5,11-18H,6-7H2,1-2H3/t11-,12+,13-/m0/s1. The van der Waals surface area contributed by atoms with Crippen LogP contribution in [0.15, 0.2) is 18.2 Å². The molecule has 0 unspecified atom stereocenters. The lowest BCUT2D eigenvalue weighted by atomic mass is 10.1. The van der Waals surface area contributed by atoms with E-state index in [9.17, 15) is 15.3 Å². The Balaban J connectivity index is 2.57. The summed E-state index contributed by atoms with van der Waals surface area (Å²) in [5.74, 6) is 0. The molecular weight excluding hydrogens is 234 g/mol. The average molecular weight is 255 g/mol. The zero-order chi connectivity index (χ0) is 13.7. The Morgan fingerprint density at radius 2 is 1.78 bits per heavy atom. The molecule has 5 N–H and O–H groups in total. The van der Waals surface area contributed by atoms with Gasteiger partial charge in [0.25, 0.3) is 0 Å². The van der Waals surface area contributed by atoms with Crippen molar-refractivity contribution in [1.82, 2.24) is 0 Å². The molecule has 0 radical (unpaired) electrons. The first kappa shape index (κ1) is 14.9. The van der Waals surface area contributed by atoms with E-state index in [0.717, 1.165) is 16.8 Å². The summed E-state index contributed by atoms with van der Waals surface area (Å²) in [7, 11) is 0. The fourth-order valence-electron chi connectivity index (χ4n) is 1.64. The summed E-state index contributed by atoms with van der Waals surface area (Å²) < 4.78 is 0. The zero-order valence-electron chi connectivity index (χ0n) is 10.7. The molecule has 0 fully saturated rings. The maximum absolute atomic E-state index is 9.66. The molecule has 0 heterocycles. The molecule has 102 valence electrons. The van der Waals surface area contributed by atoms with Gasteiger partial charge in [-0.25, -0.2) is 0 Å². The number of benzene rings is 1. The van der Waals surface area contributed by atoms with Gasteiger partial charge < -0.3 is 25.7 Å². The second kappa shape index (κ2) is 6.70. The Hall–Kier alpha value is -1.14. The summed E-state index contributed by atoms with van der Waals surface area (Å²) in [5.41, 5.74) is 3.08. The van der Waals surface area contributed by atoms with Crippen molar-refractivity contribution < 1.29 is 20.4 Å². The van der Waals surface area contributed by atoms with Crippen LogP contribution < -0.4 is 5.32 Å². The molecule has 0 aliphatic heterocycles. The van der Waals surface area contributed by atoms with Crippen LogP contribution in [0.2, 0.25) is 0 Å². The second-order valence-corrected chi connectivity index (χ2v) is 4.44. The molecule has 3 atom stereocenters. The van der Waals surface area contributed by atoms with Crippen molar-refractivity contribution >= 4 is 5.69 Å². The van der Waals surface area contributed by atoms with Gasteiger partial charge in [0, 0.05) is 12.2 Å². The van der Waals surface area contributed by atoms with E-state index in [0.29, 0.717) is 0 Å². The number of anilines is 1. The molecule has 1 aromatic carbocycles. The van der Waals surface area contributed by atoms with E-state index < -0.39 is 24.9 Å². The Bertz CT molecular complexity index is 383. The molecule has 5 nitrogen and oxygen atoms in total. The molecule has 0 saturated carbocycles. The number of aliphatic hydroxyl groups is 4. The SMILES string of the molecule is Cc1cccc(NC[C@H](O)[C@H](O)[C@H](O)CO)c1C. The van der Waals surface area contributed by atoms with E-state index in [4.69, 9.17) is 5.11 Å². The smallest absolute Gasteiger partial charge is 0.110 e. The van der Waals surface area contributed by atoms with Crippen LogP contribution in [0.1, 0.15) is 11.1 Å². The van der Waals surface area contributed by atoms with E-state index in [1.54, 1.807) is 0 Å². The fourth-order valence-corrected chi connectivity index (χ4v) is 1.64. The van der Waals surface area contributed by atoms with E-state index >= 15 is 0 Å². The van der Waals surface area contributed by atoms with Gasteiger partial charge >= 0.3 is 0 Å². The van der Waals surface area contributed by atoms with Gasteiger partial charge in [-0.3, -0.25) is 0 Å². The van der Waals surface area contributed by atoms with Crippen LogP contribution in [-0.4, -0.2) is 51.9 Å². The number of aryl methyl sites for hydroxylation is 1. The molecule has 0 saturated heterocycles. The predicted octanol–water partition coefficient (Wildman–Crippen LogP) is -0.210. The molecule has 5 heteroatoms. The third kappa shape index (κ3) is 3.68. The van der Waals surface area contributed by atoms with Gasteiger partial charge in [0.05, 0.1) is 12.7 Å². The van der Waals surface area contributed by atoms with Gasteiger partial charge in [0.15, 0.2) is 0 Å². The van der Waals surface area contributed by atoms with Crippen molar-refractivity contribution in [2.75, 3.05) is 18.5 Å². The molecule has 0 aromatic heterocycles. The van der Waals surface area contributed by atoms with Crippen LogP contribution in [0, 0.1) is 13.8 Å². The Labute approximate surface area is 107 Å². The summed E-state index contributed by atoms with van der Waals surface area (Å²) in [6.07, 6.45) is -3.85. The topological polar surface area (TPSA) is 93.0 Å². The number of hydrogen-bond donors (Lipinski definition) is 5. The highest BCUT2D eigenvalue weighted by Crippen LogP contribution is 2.18. The van der Waals surface area contributed by atoms with Crippen molar-refractivity contribution in [3.8, 4) is 0 Å². The van der Waals surface area contributed by atoms with Crippen LogP contribution in [0.5, 0.6) is 0 Å². The Kier molecular flexibility index (Phi) is 5.55. The van der Waals surface area contributed by atoms with E-state index in [1.165, 1.54) is 0 Å². The third-order valence-corrected chi connectivity index (χ3v) is 3.08. The molecule has 0 bridgehead atoms. The molecule has 0 aliphatic rings. The van der Waals surface area contributed by atoms with Crippen LogP contribution >= 0.6 is 0 Å². The highest BCUT2D eigenvalue weighted by molar-refractivity contribution is 5.53. The summed E-state index contributed by atoms with van der Waals surface area (Å²) in [6, 6.07) is 5.77. The summed E-state index contributed by atoms with van der Waals surface area (Å²) in [5, 5.41) is 40.0. The number of rotatable bonds is 6. The van der Waals surface area contributed by atoms with Crippen molar-refractivity contribution in [3.63, 3.8) is 0 Å². The van der Waals surface area contributed by atoms with Crippen LogP contribution in [-0.2, 0) is 0 Å². The monoisotopic (exact) mass is 255 g/mol. The normalized spacial score (nSPS) is 16.1. The van der Waals surface area contributed by atoms with E-state index in [2.05, 4.69) is 5.32 Å². The number of aliphatic hydroxyl groups excluding tert-OH is 4. The first-order chi connectivity index (χ1) is 8.47. The minimum Gasteiger partial charge on any atom is -0.394 e. The zero-order valence-corrected chi connectivity index (χ0v) is 10.7. The van der Waals surface area contributed by atoms with Gasteiger partial charge in [0.1, 0.15) is 12.2 Å². The number of nitrogens with one attached hydrogen (secondary N) is 1. The maximum atomic E-state index is 9.66. The predicted molar refractivity (Wildman–Crippen MR) is 69.5 cm³/mol. The Morgan fingerprint density at radius 3 is 2.39 bits per heavy atom. The van der Waals surface area contributed by atoms with E-state index in [-0.39, 0.29) is 6.54 Å². The summed E-state index contributed by atoms with van der Waals surface area (Å²) in [4.78, 5) is 0. The minimum absolute atomic E-state index is 0.0997. The third-order valence-electron chi connectivity index (χ3n) is 3.08. The first-order valence-corrected chi connectivity index (χ1v) is 5.92. The molecule has 0 amide bonds. The second-order valence-electron chi connectivity index (χ2n) is 4.44. The molecular formula is C13H21NO4. The van der Waals surface area contributed by atoms with Crippen molar-refractivity contribution in [1.29, 1.82) is 0 Å². The molecule has 18 heavy (non-hydrogen) atoms. The lowest BCUT2D eigenvalue weighted by molar-refractivity contribution is -0.0715. The molecule has 1 aromatic rings. The molecule has 0 aliphatic carbocycles. The van der Waals surface area contributed by atoms with Gasteiger partial charge in [-0.05, 0) is 31.0 Å². The first-order valence-electron chi connectivity index (χ1n) is 5.92.